The van der Waals surface area contributed by atoms with Crippen LogP contribution in [-0.2, 0) is 19.6 Å². The molecule has 1 aliphatic rings. The molecular weight excluding hydrogens is 401 g/mol. The number of halogens is 2. The van der Waals surface area contributed by atoms with Crippen molar-refractivity contribution in [3.8, 4) is 0 Å². The third-order valence-corrected chi connectivity index (χ3v) is 5.86. The van der Waals surface area contributed by atoms with Crippen LogP contribution in [0.1, 0.15) is 23.7 Å². The molecule has 0 spiro atoms. The third kappa shape index (κ3) is 5.35. The average molecular weight is 426 g/mol. The monoisotopic (exact) mass is 425 g/mol. The summed E-state index contributed by atoms with van der Waals surface area (Å²) < 4.78 is 1.95. The van der Waals surface area contributed by atoms with Crippen LogP contribution in [0.25, 0.3) is 0 Å². The smallest absolute Gasteiger partial charge is 0.169 e. The van der Waals surface area contributed by atoms with E-state index in [9.17, 15) is 0 Å². The zero-order chi connectivity index (χ0) is 19.4. The van der Waals surface area contributed by atoms with E-state index in [1.165, 1.54) is 5.56 Å². The Bertz CT molecular complexity index is 799. The molecule has 0 saturated carbocycles. The lowest BCUT2D eigenvalue weighted by Crippen LogP contribution is -2.51. The van der Waals surface area contributed by atoms with E-state index in [0.29, 0.717) is 11.6 Å². The number of aryl methyl sites for hydroxylation is 2. The topological polar surface area (TPSA) is 36.3 Å². The second-order valence-corrected chi connectivity index (χ2v) is 7.98. The van der Waals surface area contributed by atoms with Gasteiger partial charge in [-0.2, -0.15) is 5.10 Å². The van der Waals surface area contributed by atoms with Gasteiger partial charge in [-0.25, -0.2) is 0 Å². The van der Waals surface area contributed by atoms with Gasteiger partial charge in [0.05, 0.1) is 5.69 Å². The number of benzene rings is 1. The molecule has 8 heteroatoms. The maximum absolute atomic E-state index is 6.29. The van der Waals surface area contributed by atoms with Crippen molar-refractivity contribution in [2.75, 3.05) is 26.2 Å². The van der Waals surface area contributed by atoms with Gasteiger partial charge in [0.2, 0.25) is 0 Å². The summed E-state index contributed by atoms with van der Waals surface area (Å²) in [5.74, 6) is 0. The van der Waals surface area contributed by atoms with Crippen molar-refractivity contribution in [1.82, 2.24) is 24.9 Å². The molecule has 1 saturated heterocycles. The molecule has 3 rings (SSSR count). The highest BCUT2D eigenvalue weighted by atomic mass is 35.5. The summed E-state index contributed by atoms with van der Waals surface area (Å²) in [6.07, 6.45) is 2.08. The van der Waals surface area contributed by atoms with Gasteiger partial charge in [-0.1, -0.05) is 29.3 Å². The molecule has 1 fully saturated rings. The largest absolute Gasteiger partial charge is 0.358 e. The van der Waals surface area contributed by atoms with Gasteiger partial charge in [0.15, 0.2) is 5.11 Å². The van der Waals surface area contributed by atoms with Crippen LogP contribution in [-0.4, -0.2) is 50.9 Å². The maximum Gasteiger partial charge on any atom is 0.169 e. The van der Waals surface area contributed by atoms with Crippen LogP contribution in [0.2, 0.25) is 10.0 Å². The molecule has 2 aromatic rings. The lowest BCUT2D eigenvalue weighted by molar-refractivity contribution is 0.174. The van der Waals surface area contributed by atoms with E-state index in [2.05, 4.69) is 33.3 Å². The lowest BCUT2D eigenvalue weighted by Gasteiger charge is -2.36. The Labute approximate surface area is 176 Å². The summed E-state index contributed by atoms with van der Waals surface area (Å²) in [6.45, 7) is 10.3. The fourth-order valence-electron chi connectivity index (χ4n) is 3.18. The van der Waals surface area contributed by atoms with Gasteiger partial charge >= 0.3 is 0 Å². The number of piperazine rings is 1. The quantitative estimate of drug-likeness (QED) is 0.738. The van der Waals surface area contributed by atoms with Crippen LogP contribution in [0.4, 0.5) is 0 Å². The molecule has 0 atom stereocenters. The van der Waals surface area contributed by atoms with E-state index in [-0.39, 0.29) is 0 Å². The summed E-state index contributed by atoms with van der Waals surface area (Å²) >= 11 is 17.9. The van der Waals surface area contributed by atoms with Gasteiger partial charge in [0, 0.05) is 67.6 Å². The first-order chi connectivity index (χ1) is 13.0. The summed E-state index contributed by atoms with van der Waals surface area (Å²) in [5, 5.41) is 10.1. The molecule has 0 radical (unpaired) electrons. The predicted octanol–water partition coefficient (Wildman–Crippen LogP) is 3.71. The zero-order valence-corrected chi connectivity index (χ0v) is 18.0. The number of hydrogen-bond acceptors (Lipinski definition) is 3. The Morgan fingerprint density at radius 1 is 1.19 bits per heavy atom. The van der Waals surface area contributed by atoms with E-state index < -0.39 is 0 Å². The SMILES string of the molecule is CCn1cc(CNC(=S)N2CCN(Cc3ccc(Cl)cc3Cl)CC2)c(C)n1. The molecule has 5 nitrogen and oxygen atoms in total. The molecule has 27 heavy (non-hydrogen) atoms. The summed E-state index contributed by atoms with van der Waals surface area (Å²) in [5.41, 5.74) is 3.35. The molecule has 0 unspecified atom stereocenters. The highest BCUT2D eigenvalue weighted by molar-refractivity contribution is 7.80. The Kier molecular flexibility index (Phi) is 6.98. The number of rotatable bonds is 5. The minimum absolute atomic E-state index is 0.671. The van der Waals surface area contributed by atoms with Crippen molar-refractivity contribution < 1.29 is 0 Å². The van der Waals surface area contributed by atoms with Crippen LogP contribution in [0.3, 0.4) is 0 Å². The number of thiocarbonyl (C=S) groups is 1. The van der Waals surface area contributed by atoms with Gasteiger partial charge < -0.3 is 10.2 Å². The van der Waals surface area contributed by atoms with Crippen LogP contribution in [0, 0.1) is 6.92 Å². The second-order valence-electron chi connectivity index (χ2n) is 6.75. The van der Waals surface area contributed by atoms with Gasteiger partial charge in [0.25, 0.3) is 0 Å². The van der Waals surface area contributed by atoms with Crippen LogP contribution >= 0.6 is 35.4 Å². The van der Waals surface area contributed by atoms with Gasteiger partial charge in [0.1, 0.15) is 0 Å². The van der Waals surface area contributed by atoms with E-state index in [1.807, 2.05) is 23.7 Å². The van der Waals surface area contributed by atoms with Crippen molar-refractivity contribution in [1.29, 1.82) is 0 Å². The van der Waals surface area contributed by atoms with E-state index in [1.54, 1.807) is 6.07 Å². The van der Waals surface area contributed by atoms with Crippen molar-refractivity contribution >= 4 is 40.5 Å². The normalized spacial score (nSPS) is 15.2. The minimum Gasteiger partial charge on any atom is -0.358 e. The molecule has 146 valence electrons. The predicted molar refractivity (Wildman–Crippen MR) is 115 cm³/mol. The maximum atomic E-state index is 6.29. The molecular formula is C19H25Cl2N5S. The summed E-state index contributed by atoms with van der Waals surface area (Å²) in [7, 11) is 0. The third-order valence-electron chi connectivity index (χ3n) is 4.87. The summed E-state index contributed by atoms with van der Waals surface area (Å²) in [4.78, 5) is 4.62. The Morgan fingerprint density at radius 2 is 1.93 bits per heavy atom. The molecule has 1 aromatic heterocycles. The zero-order valence-electron chi connectivity index (χ0n) is 15.7. The molecule has 1 aromatic carbocycles. The molecule has 2 heterocycles. The van der Waals surface area contributed by atoms with Gasteiger partial charge in [-0.05, 0) is 43.8 Å². The van der Waals surface area contributed by atoms with E-state index >= 15 is 0 Å². The highest BCUT2D eigenvalue weighted by Gasteiger charge is 2.20. The molecule has 0 aliphatic carbocycles. The first kappa shape index (κ1) is 20.4. The average Bonchev–Trinajstić information content (AvgIpc) is 3.02. The number of aromatic nitrogens is 2. The van der Waals surface area contributed by atoms with Crippen LogP contribution in [0.5, 0.6) is 0 Å². The fourth-order valence-corrected chi connectivity index (χ4v) is 3.90. The summed E-state index contributed by atoms with van der Waals surface area (Å²) in [6, 6.07) is 5.69. The Hall–Kier alpha value is -1.34. The van der Waals surface area contributed by atoms with E-state index in [4.69, 9.17) is 35.4 Å². The number of hydrogen-bond donors (Lipinski definition) is 1. The standard InChI is InChI=1S/C19H25Cl2N5S/c1-3-26-13-16(14(2)23-26)11-22-19(27)25-8-6-24(7-9-25)12-15-4-5-17(20)10-18(15)21/h4-5,10,13H,3,6-9,11-12H2,1-2H3,(H,22,27). The van der Waals surface area contributed by atoms with Crippen molar-refractivity contribution in [2.24, 2.45) is 0 Å². The second kappa shape index (κ2) is 9.24. The van der Waals surface area contributed by atoms with Crippen LogP contribution in [0.15, 0.2) is 24.4 Å². The minimum atomic E-state index is 0.671. The fraction of sp³-hybridized carbons (Fsp3) is 0.474. The van der Waals surface area contributed by atoms with E-state index in [0.717, 1.165) is 60.7 Å². The number of nitrogens with zero attached hydrogens (tertiary/aromatic N) is 4. The molecule has 1 aliphatic heterocycles. The highest BCUT2D eigenvalue weighted by Crippen LogP contribution is 2.22. The molecule has 0 amide bonds. The Morgan fingerprint density at radius 3 is 2.56 bits per heavy atom. The number of nitrogens with one attached hydrogen (secondary N) is 1. The first-order valence-corrected chi connectivity index (χ1v) is 10.3. The lowest BCUT2D eigenvalue weighted by atomic mass is 10.2. The van der Waals surface area contributed by atoms with Crippen molar-refractivity contribution in [3.05, 3.63) is 51.3 Å². The molecule has 0 bridgehead atoms. The van der Waals surface area contributed by atoms with Crippen molar-refractivity contribution in [3.63, 3.8) is 0 Å². The molecule has 1 N–H and O–H groups in total. The Balaban J connectivity index is 1.46. The van der Waals surface area contributed by atoms with Crippen molar-refractivity contribution in [2.45, 2.75) is 33.5 Å². The van der Waals surface area contributed by atoms with Gasteiger partial charge in [-0.3, -0.25) is 9.58 Å². The van der Waals surface area contributed by atoms with Crippen LogP contribution < -0.4 is 5.32 Å². The first-order valence-electron chi connectivity index (χ1n) is 9.18. The van der Waals surface area contributed by atoms with Gasteiger partial charge in [-0.15, -0.1) is 0 Å².